The van der Waals surface area contributed by atoms with Gasteiger partial charge in [0.25, 0.3) is 0 Å². The zero-order valence-corrected chi connectivity index (χ0v) is 36.6. The highest BCUT2D eigenvalue weighted by molar-refractivity contribution is 5.73. The van der Waals surface area contributed by atoms with Crippen LogP contribution in [0.15, 0.2) is 5.28 Å². The van der Waals surface area contributed by atoms with Crippen LogP contribution >= 0.6 is 0 Å². The lowest BCUT2D eigenvalue weighted by molar-refractivity contribution is -0.322. The maximum absolute atomic E-state index is 14.3. The highest BCUT2D eigenvalue weighted by atomic mass is 16.7. The van der Waals surface area contributed by atoms with Crippen molar-refractivity contribution in [3.8, 4) is 0 Å². The molecule has 3 heterocycles. The summed E-state index contributed by atoms with van der Waals surface area (Å²) in [5, 5.41) is 39.4. The molecule has 0 spiro atoms. The first-order chi connectivity index (χ1) is 26.4. The molecule has 0 amide bonds. The van der Waals surface area contributed by atoms with E-state index in [1.807, 2.05) is 37.7 Å². The van der Waals surface area contributed by atoms with Gasteiger partial charge in [-0.25, -0.2) is 0 Å². The molecule has 3 N–H and O–H groups in total. The van der Waals surface area contributed by atoms with Gasteiger partial charge in [-0.3, -0.25) is 14.5 Å². The summed E-state index contributed by atoms with van der Waals surface area (Å²) in [5.41, 5.74) is 4.34. The van der Waals surface area contributed by atoms with Crippen LogP contribution in [0.3, 0.4) is 0 Å². The third kappa shape index (κ3) is 11.3. The van der Waals surface area contributed by atoms with Gasteiger partial charge in [-0.1, -0.05) is 13.8 Å². The molecule has 3 rings (SSSR count). The number of hydrogen-bond acceptors (Lipinski definition) is 16. The number of hydrogen-bond donors (Lipinski definition) is 3. The van der Waals surface area contributed by atoms with Gasteiger partial charge in [-0.15, -0.1) is 0 Å². The molecule has 3 fully saturated rings. The minimum absolute atomic E-state index is 0.0762. The first-order valence-electron chi connectivity index (χ1n) is 20.1. The molecule has 0 unspecified atom stereocenters. The third-order valence-electron chi connectivity index (χ3n) is 12.6. The van der Waals surface area contributed by atoms with E-state index in [9.17, 15) is 24.9 Å². The molecule has 18 atom stereocenters. The SMILES string of the molecule is CC[C@H]1OC(=O)[C@H](C)[C@@H](O[C@H]2C[C@@](C)(OC)[C@@H](ON=[N+]=[N-])[C@H](C)O2)[C@H](C)[C@@H](O[C@@H]2O[C@H](C)C[C@H](N(C)C)[C@H]2OC(C)=O)[C@](C)(O)C[C@@H](C)N(C)[C@H](C)[C@@H](O)[C@]1(C)O. The molecule has 0 aromatic heterocycles. The van der Waals surface area contributed by atoms with Gasteiger partial charge in [0.15, 0.2) is 24.8 Å². The number of methoxy groups -OCH3 is 1. The Kier molecular flexibility index (Phi) is 17.0. The minimum Gasteiger partial charge on any atom is -0.459 e. The lowest BCUT2D eigenvalue weighted by Gasteiger charge is -2.50. The number of aliphatic hydroxyl groups is 3. The summed E-state index contributed by atoms with van der Waals surface area (Å²) in [4.78, 5) is 38.8. The Hall–Kier alpha value is -2.35. The van der Waals surface area contributed by atoms with Crippen molar-refractivity contribution in [3.63, 3.8) is 0 Å². The van der Waals surface area contributed by atoms with E-state index in [0.717, 1.165) is 0 Å². The molecule has 57 heavy (non-hydrogen) atoms. The van der Waals surface area contributed by atoms with Crippen molar-refractivity contribution in [3.05, 3.63) is 10.4 Å². The monoisotopic (exact) mass is 818 g/mol. The van der Waals surface area contributed by atoms with Crippen LogP contribution < -0.4 is 0 Å². The maximum Gasteiger partial charge on any atom is 0.311 e. The summed E-state index contributed by atoms with van der Waals surface area (Å²) in [6.07, 6.45) is -8.68. The van der Waals surface area contributed by atoms with Crippen molar-refractivity contribution >= 4 is 11.9 Å². The van der Waals surface area contributed by atoms with Crippen LogP contribution in [0, 0.1) is 11.8 Å². The second kappa shape index (κ2) is 19.8. The Morgan fingerprint density at radius 2 is 1.67 bits per heavy atom. The molecule has 18 nitrogen and oxygen atoms in total. The van der Waals surface area contributed by atoms with E-state index < -0.39 is 108 Å². The molecule has 3 aliphatic heterocycles. The van der Waals surface area contributed by atoms with Gasteiger partial charge >= 0.3 is 11.9 Å². The molecule has 3 aliphatic rings. The average Bonchev–Trinajstić information content (AvgIpc) is 3.12. The van der Waals surface area contributed by atoms with Gasteiger partial charge in [0.1, 0.15) is 28.7 Å². The standard InChI is InChI=1S/C39H71N5O13/c1-16-28-39(11,49)32(46)24(6)44(14)20(2)18-37(9,48)33(56-36-31(53-26(8)45)27(43(12)13)17-21(3)51-36)22(4)30(23(5)35(47)54-28)55-29-19-38(10,50-15)34(25(7)52-29)57-42-41-40/h20-25,27-34,36,46,48-49H,16-19H2,1-15H3/t20-,21-,22+,23-,24-,25+,27+,28-,29+,30+,31-,32-,33-,34+,36+,37-,38-,39-/m1/s1. The van der Waals surface area contributed by atoms with E-state index in [4.69, 9.17) is 43.5 Å². The van der Waals surface area contributed by atoms with Gasteiger partial charge in [-0.05, 0) is 101 Å². The van der Waals surface area contributed by atoms with E-state index in [1.54, 1.807) is 55.5 Å². The van der Waals surface area contributed by atoms with E-state index in [1.165, 1.54) is 21.0 Å². The molecule has 0 aromatic rings. The van der Waals surface area contributed by atoms with Gasteiger partial charge in [0, 0.05) is 43.4 Å². The van der Waals surface area contributed by atoms with Gasteiger partial charge in [0.2, 0.25) is 0 Å². The molecule has 0 saturated carbocycles. The fourth-order valence-electron chi connectivity index (χ4n) is 8.99. The van der Waals surface area contributed by atoms with Gasteiger partial charge < -0.3 is 58.2 Å². The summed E-state index contributed by atoms with van der Waals surface area (Å²) >= 11 is 0. The van der Waals surface area contributed by atoms with Crippen LogP contribution in [-0.4, -0.2) is 162 Å². The van der Waals surface area contributed by atoms with E-state index in [0.29, 0.717) is 6.42 Å². The number of azide groups is 1. The predicted molar refractivity (Wildman–Crippen MR) is 207 cm³/mol. The number of aliphatic hydroxyl groups excluding tert-OH is 1. The predicted octanol–water partition coefficient (Wildman–Crippen LogP) is 3.47. The number of cyclic esters (lactones) is 1. The van der Waals surface area contributed by atoms with Crippen LogP contribution in [0.1, 0.15) is 102 Å². The van der Waals surface area contributed by atoms with Crippen LogP contribution in [0.2, 0.25) is 0 Å². The lowest BCUT2D eigenvalue weighted by Crippen LogP contribution is -2.63. The molecule has 0 bridgehead atoms. The van der Waals surface area contributed by atoms with E-state index in [-0.39, 0.29) is 31.4 Å². The number of nitrogens with zero attached hydrogens (tertiary/aromatic N) is 5. The second-order valence-corrected chi connectivity index (χ2v) is 17.5. The summed E-state index contributed by atoms with van der Waals surface area (Å²) in [5.74, 6) is -3.15. The first-order valence-corrected chi connectivity index (χ1v) is 20.1. The smallest absolute Gasteiger partial charge is 0.311 e. The van der Waals surface area contributed by atoms with Gasteiger partial charge in [0.05, 0.1) is 42.0 Å². The molecular formula is C39H71N5O13. The van der Waals surface area contributed by atoms with Crippen molar-refractivity contribution in [1.82, 2.24) is 9.80 Å². The van der Waals surface area contributed by atoms with Crippen LogP contribution in [0.5, 0.6) is 0 Å². The van der Waals surface area contributed by atoms with E-state index >= 15 is 0 Å². The molecule has 18 heteroatoms. The van der Waals surface area contributed by atoms with Crippen LogP contribution in [0.4, 0.5) is 0 Å². The summed E-state index contributed by atoms with van der Waals surface area (Å²) < 4.78 is 44.1. The van der Waals surface area contributed by atoms with Crippen molar-refractivity contribution in [2.24, 2.45) is 17.1 Å². The lowest BCUT2D eigenvalue weighted by atomic mass is 9.78. The quantitative estimate of drug-likeness (QED) is 0.0944. The molecular weight excluding hydrogens is 746 g/mol. The van der Waals surface area contributed by atoms with Gasteiger partial charge in [-0.2, -0.15) is 0 Å². The number of likely N-dealkylation sites (N-methyl/N-ethyl adjacent to an activating group) is 2. The molecule has 0 aromatic carbocycles. The number of ether oxygens (including phenoxy) is 7. The Labute approximate surface area is 338 Å². The van der Waals surface area contributed by atoms with E-state index in [2.05, 4.69) is 10.2 Å². The Morgan fingerprint density at radius 1 is 1.04 bits per heavy atom. The van der Waals surface area contributed by atoms with Crippen molar-refractivity contribution in [2.75, 3.05) is 28.3 Å². The topological polar surface area (TPSA) is 224 Å². The molecule has 3 saturated heterocycles. The number of esters is 2. The molecule has 0 radical (unpaired) electrons. The molecule has 0 aliphatic carbocycles. The zero-order valence-electron chi connectivity index (χ0n) is 36.6. The first kappa shape index (κ1) is 49.0. The normalized spacial score (nSPS) is 45.7. The third-order valence-corrected chi connectivity index (χ3v) is 12.6. The van der Waals surface area contributed by atoms with Crippen LogP contribution in [-0.2, 0) is 47.6 Å². The maximum atomic E-state index is 14.3. The fraction of sp³-hybridized carbons (Fsp3) is 0.949. The Bertz CT molecular complexity index is 1380. The highest BCUT2D eigenvalue weighted by Gasteiger charge is 2.54. The zero-order chi connectivity index (χ0) is 43.4. The second-order valence-electron chi connectivity index (χ2n) is 17.5. The van der Waals surface area contributed by atoms with Crippen molar-refractivity contribution < 1.29 is 62.9 Å². The number of carbonyl (C=O) groups is 2. The number of rotatable bonds is 10. The summed E-state index contributed by atoms with van der Waals surface area (Å²) in [7, 11) is 7.03. The Balaban J connectivity index is 2.24. The highest BCUT2D eigenvalue weighted by Crippen LogP contribution is 2.41. The molecule has 330 valence electrons. The van der Waals surface area contributed by atoms with Crippen molar-refractivity contribution in [1.29, 1.82) is 0 Å². The summed E-state index contributed by atoms with van der Waals surface area (Å²) in [6, 6.07) is -1.34. The minimum atomic E-state index is -1.86. The van der Waals surface area contributed by atoms with Crippen LogP contribution in [0.25, 0.3) is 10.4 Å². The Morgan fingerprint density at radius 3 is 2.21 bits per heavy atom. The largest absolute Gasteiger partial charge is 0.459 e. The average molecular weight is 818 g/mol. The number of carbonyl (C=O) groups excluding carboxylic acids is 2. The van der Waals surface area contributed by atoms with Crippen molar-refractivity contribution in [2.45, 2.75) is 198 Å². The fourth-order valence-corrected chi connectivity index (χ4v) is 8.99. The summed E-state index contributed by atoms with van der Waals surface area (Å²) in [6.45, 7) is 18.6.